The molecule has 1 aromatic carbocycles. The Kier molecular flexibility index (Phi) is 4.74. The lowest BCUT2D eigenvalue weighted by molar-refractivity contribution is 0.896. The number of hydrogen-bond acceptors (Lipinski definition) is 3. The summed E-state index contributed by atoms with van der Waals surface area (Å²) in [7, 11) is 0. The first-order valence-corrected chi connectivity index (χ1v) is 5.87. The zero-order chi connectivity index (χ0) is 11.1. The lowest BCUT2D eigenvalue weighted by Crippen LogP contribution is -1.85. The minimum Gasteiger partial charge on any atom is -0.192 e. The van der Waals surface area contributed by atoms with E-state index in [4.69, 9.17) is 10.5 Å². The molecule has 3 heteroatoms. The highest BCUT2D eigenvalue weighted by atomic mass is 32.2. The molecular weight excluding hydrogens is 204 g/mol. The van der Waals surface area contributed by atoms with Gasteiger partial charge in [-0.1, -0.05) is 13.3 Å². The van der Waals surface area contributed by atoms with Crippen molar-refractivity contribution >= 4 is 11.8 Å². The van der Waals surface area contributed by atoms with Crippen LogP contribution < -0.4 is 0 Å². The maximum absolute atomic E-state index is 8.84. The lowest BCUT2D eigenvalue weighted by Gasteiger charge is -2.01. The first-order valence-electron chi connectivity index (χ1n) is 4.89. The van der Waals surface area contributed by atoms with Crippen molar-refractivity contribution in [3.63, 3.8) is 0 Å². The highest BCUT2D eigenvalue weighted by Gasteiger charge is 2.02. The molecule has 15 heavy (non-hydrogen) atoms. The fraction of sp³-hybridized carbons (Fsp3) is 0.333. The second-order valence-corrected chi connectivity index (χ2v) is 4.30. The van der Waals surface area contributed by atoms with E-state index < -0.39 is 0 Å². The molecule has 0 saturated heterocycles. The Hall–Kier alpha value is -1.45. The summed E-state index contributed by atoms with van der Waals surface area (Å²) in [5.41, 5.74) is 0.927. The standard InChI is InChI=1S/C12H12N2S/c1-2-3-6-15-12-5-4-10(8-13)11(7-12)9-14/h4-5,7H,2-3,6H2,1H3. The van der Waals surface area contributed by atoms with Crippen LogP contribution in [0, 0.1) is 22.7 Å². The molecule has 0 amide bonds. The molecule has 0 saturated carbocycles. The predicted octanol–water partition coefficient (Wildman–Crippen LogP) is 3.32. The highest BCUT2D eigenvalue weighted by Crippen LogP contribution is 2.22. The molecule has 0 fully saturated rings. The van der Waals surface area contributed by atoms with Crippen molar-refractivity contribution in [2.75, 3.05) is 5.75 Å². The molecule has 1 rings (SSSR count). The van der Waals surface area contributed by atoms with Crippen LogP contribution in [0.25, 0.3) is 0 Å². The van der Waals surface area contributed by atoms with E-state index >= 15 is 0 Å². The molecular formula is C12H12N2S. The van der Waals surface area contributed by atoms with E-state index in [0.29, 0.717) is 11.1 Å². The Morgan fingerprint density at radius 3 is 2.53 bits per heavy atom. The van der Waals surface area contributed by atoms with E-state index in [2.05, 4.69) is 6.92 Å². The molecule has 1 aromatic rings. The van der Waals surface area contributed by atoms with Crippen LogP contribution in [-0.4, -0.2) is 5.75 Å². The predicted molar refractivity (Wildman–Crippen MR) is 61.5 cm³/mol. The van der Waals surface area contributed by atoms with Crippen LogP contribution in [0.5, 0.6) is 0 Å². The Morgan fingerprint density at radius 1 is 1.20 bits per heavy atom. The highest BCUT2D eigenvalue weighted by molar-refractivity contribution is 7.99. The summed E-state index contributed by atoms with van der Waals surface area (Å²) in [4.78, 5) is 1.07. The van der Waals surface area contributed by atoms with E-state index in [0.717, 1.165) is 10.6 Å². The second-order valence-electron chi connectivity index (χ2n) is 3.13. The first-order chi connectivity index (χ1) is 7.31. The molecule has 0 aliphatic rings. The molecule has 0 aromatic heterocycles. The fourth-order valence-electron chi connectivity index (χ4n) is 1.14. The van der Waals surface area contributed by atoms with Crippen LogP contribution in [0.4, 0.5) is 0 Å². The number of unbranched alkanes of at least 4 members (excludes halogenated alkanes) is 1. The van der Waals surface area contributed by atoms with Gasteiger partial charge in [0.25, 0.3) is 0 Å². The van der Waals surface area contributed by atoms with Crippen molar-refractivity contribution < 1.29 is 0 Å². The number of rotatable bonds is 4. The van der Waals surface area contributed by atoms with Crippen LogP contribution in [-0.2, 0) is 0 Å². The van der Waals surface area contributed by atoms with E-state index in [9.17, 15) is 0 Å². The second kappa shape index (κ2) is 6.11. The largest absolute Gasteiger partial charge is 0.192 e. The van der Waals surface area contributed by atoms with Gasteiger partial charge in [0.15, 0.2) is 0 Å². The normalized spacial score (nSPS) is 9.27. The molecule has 0 aliphatic carbocycles. The zero-order valence-corrected chi connectivity index (χ0v) is 9.47. The number of nitriles is 2. The summed E-state index contributed by atoms with van der Waals surface area (Å²) >= 11 is 1.73. The summed E-state index contributed by atoms with van der Waals surface area (Å²) in [5, 5.41) is 17.6. The summed E-state index contributed by atoms with van der Waals surface area (Å²) in [6.45, 7) is 2.15. The van der Waals surface area contributed by atoms with Crippen molar-refractivity contribution in [2.24, 2.45) is 0 Å². The van der Waals surface area contributed by atoms with Crippen LogP contribution in [0.2, 0.25) is 0 Å². The molecule has 0 radical (unpaired) electrons. The van der Waals surface area contributed by atoms with Gasteiger partial charge in [-0.25, -0.2) is 0 Å². The molecule has 76 valence electrons. The van der Waals surface area contributed by atoms with Crippen molar-refractivity contribution in [1.82, 2.24) is 0 Å². The van der Waals surface area contributed by atoms with Gasteiger partial charge in [-0.15, -0.1) is 11.8 Å². The first kappa shape index (κ1) is 11.6. The Balaban J connectivity index is 2.77. The summed E-state index contributed by atoms with van der Waals surface area (Å²) in [5.74, 6) is 1.06. The number of hydrogen-bond donors (Lipinski definition) is 0. The molecule has 0 aliphatic heterocycles. The van der Waals surface area contributed by atoms with E-state index in [1.165, 1.54) is 12.8 Å². The van der Waals surface area contributed by atoms with Gasteiger partial charge in [0.2, 0.25) is 0 Å². The van der Waals surface area contributed by atoms with E-state index in [1.54, 1.807) is 23.9 Å². The van der Waals surface area contributed by atoms with Crippen molar-refractivity contribution in [3.8, 4) is 12.1 Å². The van der Waals surface area contributed by atoms with Gasteiger partial charge in [0, 0.05) is 4.90 Å². The molecule has 0 atom stereocenters. The third-order valence-corrected chi connectivity index (χ3v) is 3.08. The minimum atomic E-state index is 0.456. The molecule has 0 bridgehead atoms. The zero-order valence-electron chi connectivity index (χ0n) is 8.66. The topological polar surface area (TPSA) is 47.6 Å². The quantitative estimate of drug-likeness (QED) is 0.573. The molecule has 0 unspecified atom stereocenters. The molecule has 0 heterocycles. The third-order valence-electron chi connectivity index (χ3n) is 2.00. The smallest absolute Gasteiger partial charge is 0.101 e. The Labute approximate surface area is 94.5 Å². The average molecular weight is 216 g/mol. The van der Waals surface area contributed by atoms with Gasteiger partial charge in [0.05, 0.1) is 11.1 Å². The summed E-state index contributed by atoms with van der Waals surface area (Å²) < 4.78 is 0. The number of thioether (sulfide) groups is 1. The van der Waals surface area contributed by atoms with Gasteiger partial charge in [0.1, 0.15) is 12.1 Å². The maximum atomic E-state index is 8.84. The molecule has 0 N–H and O–H groups in total. The van der Waals surface area contributed by atoms with Crippen LogP contribution in [0.1, 0.15) is 30.9 Å². The van der Waals surface area contributed by atoms with Gasteiger partial charge in [-0.3, -0.25) is 0 Å². The van der Waals surface area contributed by atoms with Crippen LogP contribution in [0.15, 0.2) is 23.1 Å². The third kappa shape index (κ3) is 3.31. The van der Waals surface area contributed by atoms with Crippen LogP contribution in [0.3, 0.4) is 0 Å². The number of benzene rings is 1. The Morgan fingerprint density at radius 2 is 1.93 bits per heavy atom. The van der Waals surface area contributed by atoms with Gasteiger partial charge in [-0.2, -0.15) is 10.5 Å². The molecule has 0 spiro atoms. The molecule has 2 nitrogen and oxygen atoms in total. The fourth-order valence-corrected chi connectivity index (χ4v) is 2.17. The summed E-state index contributed by atoms with van der Waals surface area (Å²) in [6.07, 6.45) is 2.35. The van der Waals surface area contributed by atoms with Gasteiger partial charge >= 0.3 is 0 Å². The summed E-state index contributed by atoms with van der Waals surface area (Å²) in [6, 6.07) is 9.46. The SMILES string of the molecule is CCCCSc1ccc(C#N)c(C#N)c1. The van der Waals surface area contributed by atoms with Crippen molar-refractivity contribution in [2.45, 2.75) is 24.7 Å². The van der Waals surface area contributed by atoms with Crippen molar-refractivity contribution in [3.05, 3.63) is 29.3 Å². The lowest BCUT2D eigenvalue weighted by atomic mass is 10.1. The monoisotopic (exact) mass is 216 g/mol. The van der Waals surface area contributed by atoms with E-state index in [1.807, 2.05) is 18.2 Å². The van der Waals surface area contributed by atoms with Crippen molar-refractivity contribution in [1.29, 1.82) is 10.5 Å². The van der Waals surface area contributed by atoms with E-state index in [-0.39, 0.29) is 0 Å². The Bertz CT molecular complexity index is 413. The van der Waals surface area contributed by atoms with Gasteiger partial charge in [-0.05, 0) is 30.4 Å². The number of nitrogens with zero attached hydrogens (tertiary/aromatic N) is 2. The maximum Gasteiger partial charge on any atom is 0.101 e. The average Bonchev–Trinajstić information content (AvgIpc) is 2.29. The minimum absolute atomic E-state index is 0.456. The van der Waals surface area contributed by atoms with Crippen LogP contribution >= 0.6 is 11.8 Å². The van der Waals surface area contributed by atoms with Gasteiger partial charge < -0.3 is 0 Å².